The summed E-state index contributed by atoms with van der Waals surface area (Å²) in [5.74, 6) is -0.927. The first-order chi connectivity index (χ1) is 9.32. The summed E-state index contributed by atoms with van der Waals surface area (Å²) in [6.45, 7) is 4.70. The maximum absolute atomic E-state index is 13.9. The number of rotatable bonds is 2. The highest BCUT2D eigenvalue weighted by Gasteiger charge is 2.36. The summed E-state index contributed by atoms with van der Waals surface area (Å²) in [6, 6.07) is 4.10. The fourth-order valence-electron chi connectivity index (χ4n) is 2.36. The van der Waals surface area contributed by atoms with E-state index in [0.29, 0.717) is 18.4 Å². The molecule has 0 N–H and O–H groups in total. The summed E-state index contributed by atoms with van der Waals surface area (Å²) < 4.78 is 19.7. The number of amides is 1. The standard InChI is InChI=1S/C14H16BrClFNO2/c1-14(2)8-18(7-10(6-15)20-14)13(19)11-4-3-9(16)5-12(11)17/h3-5,10H,6-8H2,1-2H3. The van der Waals surface area contributed by atoms with Gasteiger partial charge in [-0.15, -0.1) is 0 Å². The molecular weight excluding hydrogens is 349 g/mol. The highest BCUT2D eigenvalue weighted by atomic mass is 79.9. The molecule has 20 heavy (non-hydrogen) atoms. The Balaban J connectivity index is 2.23. The minimum atomic E-state index is -0.595. The Morgan fingerprint density at radius 2 is 2.30 bits per heavy atom. The van der Waals surface area contributed by atoms with Crippen LogP contribution in [0.3, 0.4) is 0 Å². The molecule has 1 aromatic rings. The molecule has 110 valence electrons. The van der Waals surface area contributed by atoms with Crippen molar-refractivity contribution >= 4 is 33.4 Å². The van der Waals surface area contributed by atoms with Crippen molar-refractivity contribution in [3.8, 4) is 0 Å². The van der Waals surface area contributed by atoms with Gasteiger partial charge < -0.3 is 9.64 Å². The molecule has 0 spiro atoms. The van der Waals surface area contributed by atoms with Crippen molar-refractivity contribution in [3.05, 3.63) is 34.6 Å². The Bertz CT molecular complexity index is 524. The van der Waals surface area contributed by atoms with Crippen LogP contribution in [0.15, 0.2) is 18.2 Å². The van der Waals surface area contributed by atoms with Gasteiger partial charge in [0.05, 0.1) is 17.3 Å². The molecule has 0 aliphatic carbocycles. The molecular formula is C14H16BrClFNO2. The van der Waals surface area contributed by atoms with Gasteiger partial charge in [0.1, 0.15) is 5.82 Å². The minimum absolute atomic E-state index is 0.0421. The monoisotopic (exact) mass is 363 g/mol. The van der Waals surface area contributed by atoms with Gasteiger partial charge in [-0.05, 0) is 32.0 Å². The topological polar surface area (TPSA) is 29.5 Å². The zero-order valence-corrected chi connectivity index (χ0v) is 13.7. The van der Waals surface area contributed by atoms with Crippen LogP contribution in [0.5, 0.6) is 0 Å². The summed E-state index contributed by atoms with van der Waals surface area (Å²) in [5, 5.41) is 0.906. The molecule has 2 rings (SSSR count). The van der Waals surface area contributed by atoms with Crippen molar-refractivity contribution in [3.63, 3.8) is 0 Å². The lowest BCUT2D eigenvalue weighted by molar-refractivity contribution is -0.116. The van der Waals surface area contributed by atoms with E-state index < -0.39 is 11.4 Å². The summed E-state index contributed by atoms with van der Waals surface area (Å²) in [7, 11) is 0. The molecule has 0 radical (unpaired) electrons. The number of carbonyl (C=O) groups is 1. The zero-order valence-electron chi connectivity index (χ0n) is 11.3. The van der Waals surface area contributed by atoms with Crippen LogP contribution in [-0.4, -0.2) is 40.9 Å². The van der Waals surface area contributed by atoms with Gasteiger partial charge in [0.2, 0.25) is 0 Å². The van der Waals surface area contributed by atoms with Crippen LogP contribution in [0.4, 0.5) is 4.39 Å². The average Bonchev–Trinajstić information content (AvgIpc) is 2.36. The molecule has 1 unspecified atom stereocenters. The number of morpholine rings is 1. The zero-order chi connectivity index (χ0) is 14.9. The maximum Gasteiger partial charge on any atom is 0.257 e. The van der Waals surface area contributed by atoms with Crippen LogP contribution in [-0.2, 0) is 4.74 Å². The number of hydrogen-bond acceptors (Lipinski definition) is 2. The van der Waals surface area contributed by atoms with Crippen molar-refractivity contribution in [1.82, 2.24) is 4.90 Å². The van der Waals surface area contributed by atoms with Gasteiger partial charge in [0.15, 0.2) is 0 Å². The lowest BCUT2D eigenvalue weighted by Gasteiger charge is -2.42. The van der Waals surface area contributed by atoms with E-state index in [2.05, 4.69) is 15.9 Å². The van der Waals surface area contributed by atoms with E-state index in [0.717, 1.165) is 6.07 Å². The van der Waals surface area contributed by atoms with Gasteiger partial charge in [-0.2, -0.15) is 0 Å². The van der Waals surface area contributed by atoms with Gasteiger partial charge >= 0.3 is 0 Å². The summed E-state index contributed by atoms with van der Waals surface area (Å²) in [4.78, 5) is 14.1. The van der Waals surface area contributed by atoms with E-state index in [1.54, 1.807) is 4.90 Å². The molecule has 1 amide bonds. The Morgan fingerprint density at radius 1 is 1.60 bits per heavy atom. The smallest absolute Gasteiger partial charge is 0.257 e. The normalized spacial score (nSPS) is 21.9. The number of hydrogen-bond donors (Lipinski definition) is 0. The second-order valence-corrected chi connectivity index (χ2v) is 6.55. The fourth-order valence-corrected chi connectivity index (χ4v) is 2.86. The first-order valence-corrected chi connectivity index (χ1v) is 7.80. The van der Waals surface area contributed by atoms with Gasteiger partial charge in [0.25, 0.3) is 5.91 Å². The second-order valence-electron chi connectivity index (χ2n) is 5.46. The highest BCUT2D eigenvalue weighted by Crippen LogP contribution is 2.24. The van der Waals surface area contributed by atoms with Crippen LogP contribution in [0.1, 0.15) is 24.2 Å². The predicted molar refractivity (Wildman–Crippen MR) is 80.1 cm³/mol. The van der Waals surface area contributed by atoms with Gasteiger partial charge in [-0.1, -0.05) is 27.5 Å². The highest BCUT2D eigenvalue weighted by molar-refractivity contribution is 9.09. The molecule has 6 heteroatoms. The van der Waals surface area contributed by atoms with E-state index in [9.17, 15) is 9.18 Å². The minimum Gasteiger partial charge on any atom is -0.368 e. The van der Waals surface area contributed by atoms with Crippen molar-refractivity contribution in [1.29, 1.82) is 0 Å². The molecule has 1 aromatic carbocycles. The van der Waals surface area contributed by atoms with Crippen LogP contribution < -0.4 is 0 Å². The first-order valence-electron chi connectivity index (χ1n) is 6.30. The molecule has 1 atom stereocenters. The number of alkyl halides is 1. The summed E-state index contributed by atoms with van der Waals surface area (Å²) in [5.41, 5.74) is -0.407. The van der Waals surface area contributed by atoms with Crippen LogP contribution in [0.25, 0.3) is 0 Å². The van der Waals surface area contributed by atoms with Gasteiger partial charge in [0, 0.05) is 23.4 Å². The molecule has 1 heterocycles. The van der Waals surface area contributed by atoms with E-state index in [4.69, 9.17) is 16.3 Å². The summed E-state index contributed by atoms with van der Waals surface area (Å²) >= 11 is 9.07. The van der Waals surface area contributed by atoms with Crippen molar-refractivity contribution < 1.29 is 13.9 Å². The lowest BCUT2D eigenvalue weighted by atomic mass is 10.0. The molecule has 0 aromatic heterocycles. The van der Waals surface area contributed by atoms with E-state index in [1.807, 2.05) is 13.8 Å². The van der Waals surface area contributed by atoms with E-state index >= 15 is 0 Å². The average molecular weight is 365 g/mol. The largest absolute Gasteiger partial charge is 0.368 e. The van der Waals surface area contributed by atoms with Crippen LogP contribution >= 0.6 is 27.5 Å². The van der Waals surface area contributed by atoms with Crippen LogP contribution in [0, 0.1) is 5.82 Å². The Labute approximate surface area is 131 Å². The third kappa shape index (κ3) is 3.51. The summed E-state index contributed by atoms with van der Waals surface area (Å²) in [6.07, 6.45) is -0.0990. The quantitative estimate of drug-likeness (QED) is 0.752. The predicted octanol–water partition coefficient (Wildman–Crippen LogP) is 3.49. The molecule has 1 saturated heterocycles. The van der Waals surface area contributed by atoms with Gasteiger partial charge in [-0.3, -0.25) is 4.79 Å². The molecule has 3 nitrogen and oxygen atoms in total. The third-order valence-corrected chi connectivity index (χ3v) is 4.06. The van der Waals surface area contributed by atoms with Crippen molar-refractivity contribution in [2.24, 2.45) is 0 Å². The lowest BCUT2D eigenvalue weighted by Crippen LogP contribution is -2.55. The molecule has 0 saturated carbocycles. The number of benzene rings is 1. The molecule has 1 aliphatic heterocycles. The Morgan fingerprint density at radius 3 is 2.90 bits per heavy atom. The number of nitrogens with zero attached hydrogens (tertiary/aromatic N) is 1. The van der Waals surface area contributed by atoms with Crippen LogP contribution in [0.2, 0.25) is 5.02 Å². The third-order valence-electron chi connectivity index (χ3n) is 3.10. The number of halogens is 3. The fraction of sp³-hybridized carbons (Fsp3) is 0.500. The number of carbonyl (C=O) groups excluding carboxylic acids is 1. The van der Waals surface area contributed by atoms with E-state index in [1.165, 1.54) is 12.1 Å². The van der Waals surface area contributed by atoms with E-state index in [-0.39, 0.29) is 22.6 Å². The Kier molecular flexibility index (Phi) is 4.72. The second kappa shape index (κ2) is 6.00. The van der Waals surface area contributed by atoms with Crippen molar-refractivity contribution in [2.45, 2.75) is 25.6 Å². The molecule has 0 bridgehead atoms. The van der Waals surface area contributed by atoms with Crippen molar-refractivity contribution in [2.75, 3.05) is 18.4 Å². The van der Waals surface area contributed by atoms with Gasteiger partial charge in [-0.25, -0.2) is 4.39 Å². The maximum atomic E-state index is 13.9. The number of ether oxygens (including phenoxy) is 1. The SMILES string of the molecule is CC1(C)CN(C(=O)c2ccc(Cl)cc2F)CC(CBr)O1. The Hall–Kier alpha value is -0.650. The first kappa shape index (κ1) is 15.7. The molecule has 1 fully saturated rings. The molecule has 1 aliphatic rings.